The van der Waals surface area contributed by atoms with E-state index < -0.39 is 51.1 Å². The maximum Gasteiger partial charge on any atom is 0.425 e. The first-order chi connectivity index (χ1) is 14.6. The van der Waals surface area contributed by atoms with Crippen molar-refractivity contribution in [3.8, 4) is 5.75 Å². The van der Waals surface area contributed by atoms with Crippen molar-refractivity contribution in [1.29, 1.82) is 0 Å². The molecule has 3 rings (SSSR count). The molecule has 0 saturated heterocycles. The first kappa shape index (κ1) is 23.8. The van der Waals surface area contributed by atoms with Crippen LogP contribution in [0, 0.1) is 0 Å². The summed E-state index contributed by atoms with van der Waals surface area (Å²) in [6.07, 6.45) is -10.2. The van der Waals surface area contributed by atoms with Crippen LogP contribution < -0.4 is 4.74 Å². The Balaban J connectivity index is 1.97. The van der Waals surface area contributed by atoms with E-state index in [0.717, 1.165) is 35.4 Å². The molecular weight excluding hydrogens is 466 g/mol. The van der Waals surface area contributed by atoms with Crippen LogP contribution in [0.15, 0.2) is 35.4 Å². The number of rotatable bonds is 4. The molecule has 1 aliphatic heterocycles. The quantitative estimate of drug-likeness (QED) is 0.616. The summed E-state index contributed by atoms with van der Waals surface area (Å²) < 4.78 is 106. The van der Waals surface area contributed by atoms with Gasteiger partial charge in [0, 0.05) is 19.0 Å². The Bertz CT molecular complexity index is 1160. The summed E-state index contributed by atoms with van der Waals surface area (Å²) in [5.41, 5.74) is -1.16. The molecule has 174 valence electrons. The number of amides is 1. The third-order valence-electron chi connectivity index (χ3n) is 4.75. The summed E-state index contributed by atoms with van der Waals surface area (Å²) in [4.78, 5) is 17.5. The molecule has 0 fully saturated rings. The van der Waals surface area contributed by atoms with Crippen LogP contribution in [0.3, 0.4) is 0 Å². The summed E-state index contributed by atoms with van der Waals surface area (Å²) in [5.74, 6) is -1.42. The molecule has 6 nitrogen and oxygen atoms in total. The number of hydrogen-bond donors (Lipinski definition) is 0. The lowest BCUT2D eigenvalue weighted by Crippen LogP contribution is -2.32. The lowest BCUT2D eigenvalue weighted by Gasteiger charge is -2.22. The van der Waals surface area contributed by atoms with E-state index >= 15 is 0 Å². The van der Waals surface area contributed by atoms with Gasteiger partial charge in [0.2, 0.25) is 0 Å². The molecule has 0 N–H and O–H groups in total. The SMILES string of the molecule is CC(Oc1ccc(S(C)(=O)=O)cc1C(=O)N1Cc2cc(C(F)(F)F)cnc2C1)C(F)(F)F. The molecule has 2 heterocycles. The van der Waals surface area contributed by atoms with Gasteiger partial charge in [-0.2, -0.15) is 26.3 Å². The molecule has 0 spiro atoms. The number of pyridine rings is 1. The van der Waals surface area contributed by atoms with Gasteiger partial charge in [0.1, 0.15) is 5.75 Å². The smallest absolute Gasteiger partial charge is 0.425 e. The van der Waals surface area contributed by atoms with Gasteiger partial charge in [-0.05, 0) is 36.8 Å². The van der Waals surface area contributed by atoms with E-state index in [0.29, 0.717) is 13.1 Å². The van der Waals surface area contributed by atoms with Crippen LogP contribution in [0.1, 0.15) is 34.1 Å². The van der Waals surface area contributed by atoms with Crippen LogP contribution in [0.4, 0.5) is 26.3 Å². The van der Waals surface area contributed by atoms with Crippen molar-refractivity contribution in [3.05, 3.63) is 52.8 Å². The first-order valence-corrected chi connectivity index (χ1v) is 10.9. The molecule has 1 aliphatic rings. The van der Waals surface area contributed by atoms with Crippen LogP contribution in [-0.2, 0) is 29.1 Å². The molecule has 0 aliphatic carbocycles. The third-order valence-corrected chi connectivity index (χ3v) is 5.86. The highest BCUT2D eigenvalue weighted by atomic mass is 32.2. The lowest BCUT2D eigenvalue weighted by molar-refractivity contribution is -0.189. The van der Waals surface area contributed by atoms with Crippen molar-refractivity contribution in [2.45, 2.75) is 43.4 Å². The Morgan fingerprint density at radius 3 is 2.34 bits per heavy atom. The molecule has 1 atom stereocenters. The van der Waals surface area contributed by atoms with Crippen LogP contribution >= 0.6 is 0 Å². The fourth-order valence-corrected chi connectivity index (χ4v) is 3.64. The van der Waals surface area contributed by atoms with E-state index in [9.17, 15) is 39.6 Å². The number of ether oxygens (including phenoxy) is 1. The van der Waals surface area contributed by atoms with Crippen molar-refractivity contribution in [2.24, 2.45) is 0 Å². The number of sulfone groups is 1. The highest BCUT2D eigenvalue weighted by Gasteiger charge is 2.39. The average molecular weight is 482 g/mol. The lowest BCUT2D eigenvalue weighted by atomic mass is 10.1. The molecule has 1 aromatic carbocycles. The largest absolute Gasteiger partial charge is 0.480 e. The standard InChI is InChI=1S/C19H16F6N2O4S/c1-10(18(20,21)22)31-16-4-3-13(32(2,29)30)6-14(16)17(28)27-8-11-5-12(19(23,24)25)7-26-15(11)9-27/h3-7,10H,8-9H2,1-2H3. The van der Waals surface area contributed by atoms with Crippen molar-refractivity contribution in [2.75, 3.05) is 6.26 Å². The monoisotopic (exact) mass is 482 g/mol. The van der Waals surface area contributed by atoms with Crippen LogP contribution in [0.25, 0.3) is 0 Å². The minimum Gasteiger partial charge on any atom is -0.480 e. The number of benzene rings is 1. The predicted octanol–water partition coefficient (Wildman–Crippen LogP) is 3.99. The number of aromatic nitrogens is 1. The second-order valence-corrected chi connectivity index (χ2v) is 9.24. The number of nitrogens with zero attached hydrogens (tertiary/aromatic N) is 2. The Labute approximate surface area is 178 Å². The van der Waals surface area contributed by atoms with Crippen molar-refractivity contribution in [1.82, 2.24) is 9.88 Å². The summed E-state index contributed by atoms with van der Waals surface area (Å²) in [6, 6.07) is 3.66. The minimum atomic E-state index is -4.75. The topological polar surface area (TPSA) is 76.6 Å². The van der Waals surface area contributed by atoms with Gasteiger partial charge in [0.15, 0.2) is 15.9 Å². The zero-order valence-corrected chi connectivity index (χ0v) is 17.4. The number of carbonyl (C=O) groups excluding carboxylic acids is 1. The molecule has 13 heteroatoms. The summed E-state index contributed by atoms with van der Waals surface area (Å²) >= 11 is 0. The second kappa shape index (κ2) is 7.94. The van der Waals surface area contributed by atoms with Gasteiger partial charge in [0.25, 0.3) is 5.91 Å². The van der Waals surface area contributed by atoms with Crippen LogP contribution in [0.2, 0.25) is 0 Å². The molecule has 32 heavy (non-hydrogen) atoms. The van der Waals surface area contributed by atoms with E-state index in [4.69, 9.17) is 4.74 Å². The van der Waals surface area contributed by atoms with Gasteiger partial charge in [0.05, 0.1) is 28.3 Å². The van der Waals surface area contributed by atoms with Crippen molar-refractivity contribution >= 4 is 15.7 Å². The van der Waals surface area contributed by atoms with Crippen molar-refractivity contribution in [3.63, 3.8) is 0 Å². The molecule has 0 saturated carbocycles. The number of halogens is 6. The Hall–Kier alpha value is -2.83. The molecule has 1 amide bonds. The highest BCUT2D eigenvalue weighted by Crippen LogP contribution is 2.34. The third kappa shape index (κ3) is 4.97. The van der Waals surface area contributed by atoms with Gasteiger partial charge in [-0.3, -0.25) is 9.78 Å². The zero-order valence-electron chi connectivity index (χ0n) is 16.6. The van der Waals surface area contributed by atoms with Gasteiger partial charge < -0.3 is 9.64 Å². The van der Waals surface area contributed by atoms with Crippen molar-refractivity contribution < 1.29 is 44.3 Å². The summed E-state index contributed by atoms with van der Waals surface area (Å²) in [5, 5.41) is 0. The summed E-state index contributed by atoms with van der Waals surface area (Å²) in [7, 11) is -3.82. The normalized spacial score (nSPS) is 15.4. The Morgan fingerprint density at radius 2 is 1.78 bits per heavy atom. The van der Waals surface area contributed by atoms with E-state index in [2.05, 4.69) is 4.98 Å². The molecule has 2 aromatic rings. The maximum atomic E-state index is 13.0. The number of carbonyl (C=O) groups is 1. The highest BCUT2D eigenvalue weighted by molar-refractivity contribution is 7.90. The Kier molecular flexibility index (Phi) is 5.91. The molecule has 1 unspecified atom stereocenters. The van der Waals surface area contributed by atoms with Gasteiger partial charge >= 0.3 is 12.4 Å². The van der Waals surface area contributed by atoms with E-state index in [1.165, 1.54) is 0 Å². The minimum absolute atomic E-state index is 0.124. The number of fused-ring (bicyclic) bond motifs is 1. The van der Waals surface area contributed by atoms with E-state index in [-0.39, 0.29) is 29.2 Å². The van der Waals surface area contributed by atoms with Gasteiger partial charge in [-0.25, -0.2) is 8.42 Å². The van der Waals surface area contributed by atoms with Gasteiger partial charge in [-0.1, -0.05) is 0 Å². The molecular formula is C19H16F6N2O4S. The van der Waals surface area contributed by atoms with E-state index in [1.807, 2.05) is 0 Å². The van der Waals surface area contributed by atoms with Gasteiger partial charge in [-0.15, -0.1) is 0 Å². The van der Waals surface area contributed by atoms with Crippen LogP contribution in [0.5, 0.6) is 5.75 Å². The predicted molar refractivity (Wildman–Crippen MR) is 98.5 cm³/mol. The zero-order chi connectivity index (χ0) is 24.1. The molecule has 1 aromatic heterocycles. The number of hydrogen-bond acceptors (Lipinski definition) is 5. The fraction of sp³-hybridized carbons (Fsp3) is 0.368. The van der Waals surface area contributed by atoms with E-state index in [1.54, 1.807) is 0 Å². The second-order valence-electron chi connectivity index (χ2n) is 7.22. The maximum absolute atomic E-state index is 13.0. The average Bonchev–Trinajstić information content (AvgIpc) is 3.08. The number of alkyl halides is 6. The Morgan fingerprint density at radius 1 is 1.12 bits per heavy atom. The summed E-state index contributed by atoms with van der Waals surface area (Å²) in [6.45, 7) is 0.221. The molecule has 0 radical (unpaired) electrons. The molecule has 0 bridgehead atoms. The fourth-order valence-electron chi connectivity index (χ4n) is 3.00. The first-order valence-electron chi connectivity index (χ1n) is 8.99. The van der Waals surface area contributed by atoms with Crippen LogP contribution in [-0.4, -0.2) is 42.7 Å².